The molecule has 0 aliphatic rings. The molecule has 2 N–H and O–H groups in total. The third-order valence-corrected chi connectivity index (χ3v) is 2.81. The maximum Gasteiger partial charge on any atom is 0.316 e. The smallest absolute Gasteiger partial charge is 0.316 e. The molecule has 2 rings (SSSR count). The standard InChI is InChI=1S/C13H17N3O/c1-3-13(2,14)9-17-12-15-8-10-6-4-5-7-11(10)16-12/h4-8H,3,9,14H2,1-2H3. The van der Waals surface area contributed by atoms with Crippen LogP contribution in [0.3, 0.4) is 0 Å². The Morgan fingerprint density at radius 3 is 2.88 bits per heavy atom. The first-order valence-electron chi connectivity index (χ1n) is 5.74. The van der Waals surface area contributed by atoms with Crippen LogP contribution in [-0.4, -0.2) is 22.1 Å². The molecule has 1 heterocycles. The van der Waals surface area contributed by atoms with Crippen molar-refractivity contribution in [2.24, 2.45) is 5.73 Å². The van der Waals surface area contributed by atoms with Gasteiger partial charge in [-0.1, -0.05) is 25.1 Å². The summed E-state index contributed by atoms with van der Waals surface area (Å²) in [6.07, 6.45) is 2.61. The number of hydrogen-bond donors (Lipinski definition) is 1. The molecule has 0 amide bonds. The fourth-order valence-corrected chi connectivity index (χ4v) is 1.36. The fourth-order valence-electron chi connectivity index (χ4n) is 1.36. The second-order valence-electron chi connectivity index (χ2n) is 4.51. The monoisotopic (exact) mass is 231 g/mol. The van der Waals surface area contributed by atoms with E-state index in [1.165, 1.54) is 0 Å². The molecule has 2 aromatic rings. The third kappa shape index (κ3) is 2.91. The molecule has 4 nitrogen and oxygen atoms in total. The predicted octanol–water partition coefficient (Wildman–Crippen LogP) is 2.14. The number of hydrogen-bond acceptors (Lipinski definition) is 4. The Labute approximate surface area is 101 Å². The van der Waals surface area contributed by atoms with E-state index in [-0.39, 0.29) is 5.54 Å². The molecule has 1 atom stereocenters. The van der Waals surface area contributed by atoms with Crippen LogP contribution in [0, 0.1) is 0 Å². The number of nitrogens with zero attached hydrogens (tertiary/aromatic N) is 2. The average Bonchev–Trinajstić information content (AvgIpc) is 2.36. The van der Waals surface area contributed by atoms with Crippen LogP contribution in [0.4, 0.5) is 0 Å². The van der Waals surface area contributed by atoms with Crippen molar-refractivity contribution in [3.05, 3.63) is 30.5 Å². The molecule has 17 heavy (non-hydrogen) atoms. The minimum absolute atomic E-state index is 0.338. The lowest BCUT2D eigenvalue weighted by Gasteiger charge is -2.21. The molecule has 1 aromatic carbocycles. The van der Waals surface area contributed by atoms with Gasteiger partial charge in [0.2, 0.25) is 0 Å². The Balaban J connectivity index is 2.14. The van der Waals surface area contributed by atoms with Crippen LogP contribution in [0.1, 0.15) is 20.3 Å². The van der Waals surface area contributed by atoms with E-state index in [4.69, 9.17) is 10.5 Å². The second kappa shape index (κ2) is 4.67. The van der Waals surface area contributed by atoms with Crippen molar-refractivity contribution in [2.45, 2.75) is 25.8 Å². The van der Waals surface area contributed by atoms with Gasteiger partial charge in [-0.15, -0.1) is 0 Å². The van der Waals surface area contributed by atoms with Crippen LogP contribution in [0.5, 0.6) is 6.01 Å². The second-order valence-corrected chi connectivity index (χ2v) is 4.51. The van der Waals surface area contributed by atoms with Gasteiger partial charge in [0.25, 0.3) is 0 Å². The number of para-hydroxylation sites is 1. The molecule has 0 aliphatic heterocycles. The van der Waals surface area contributed by atoms with Crippen molar-refractivity contribution in [3.63, 3.8) is 0 Å². The Kier molecular flexibility index (Phi) is 3.24. The van der Waals surface area contributed by atoms with E-state index in [9.17, 15) is 0 Å². The molecule has 1 unspecified atom stereocenters. The van der Waals surface area contributed by atoms with Crippen LogP contribution in [0.15, 0.2) is 30.5 Å². The van der Waals surface area contributed by atoms with Gasteiger partial charge in [-0.25, -0.2) is 4.98 Å². The van der Waals surface area contributed by atoms with Crippen LogP contribution in [0.25, 0.3) is 10.9 Å². The van der Waals surface area contributed by atoms with Crippen molar-refractivity contribution in [1.29, 1.82) is 0 Å². The molecule has 4 heteroatoms. The Morgan fingerprint density at radius 1 is 1.35 bits per heavy atom. The van der Waals surface area contributed by atoms with Gasteiger partial charge in [0, 0.05) is 17.1 Å². The summed E-state index contributed by atoms with van der Waals surface area (Å²) >= 11 is 0. The highest BCUT2D eigenvalue weighted by atomic mass is 16.5. The molecular weight excluding hydrogens is 214 g/mol. The van der Waals surface area contributed by atoms with E-state index in [0.717, 1.165) is 17.3 Å². The first kappa shape index (κ1) is 11.8. The average molecular weight is 231 g/mol. The third-order valence-electron chi connectivity index (χ3n) is 2.81. The Hall–Kier alpha value is -1.68. The van der Waals surface area contributed by atoms with Crippen LogP contribution < -0.4 is 10.5 Å². The minimum atomic E-state index is -0.338. The minimum Gasteiger partial charge on any atom is -0.462 e. The molecule has 0 saturated carbocycles. The topological polar surface area (TPSA) is 61.0 Å². The number of nitrogens with two attached hydrogens (primary N) is 1. The van der Waals surface area contributed by atoms with Crippen LogP contribution in [0.2, 0.25) is 0 Å². The van der Waals surface area contributed by atoms with Gasteiger partial charge in [-0.05, 0) is 19.4 Å². The van der Waals surface area contributed by atoms with Crippen molar-refractivity contribution < 1.29 is 4.74 Å². The molecule has 0 aliphatic carbocycles. The number of fused-ring (bicyclic) bond motifs is 1. The summed E-state index contributed by atoms with van der Waals surface area (Å²) in [6.45, 7) is 4.40. The summed E-state index contributed by atoms with van der Waals surface area (Å²) < 4.78 is 5.52. The van der Waals surface area contributed by atoms with E-state index >= 15 is 0 Å². The summed E-state index contributed by atoms with van der Waals surface area (Å²) in [5, 5.41) is 1.01. The maximum atomic E-state index is 6.00. The van der Waals surface area contributed by atoms with Gasteiger partial charge in [0.05, 0.1) is 5.52 Å². The highest BCUT2D eigenvalue weighted by Crippen LogP contribution is 2.14. The first-order valence-corrected chi connectivity index (χ1v) is 5.74. The lowest BCUT2D eigenvalue weighted by atomic mass is 10.0. The SMILES string of the molecule is CCC(C)(N)COc1ncc2ccccc2n1. The molecule has 90 valence electrons. The number of benzene rings is 1. The van der Waals surface area contributed by atoms with Crippen molar-refractivity contribution in [1.82, 2.24) is 9.97 Å². The quantitative estimate of drug-likeness (QED) is 0.875. The van der Waals surface area contributed by atoms with Gasteiger partial charge >= 0.3 is 6.01 Å². The maximum absolute atomic E-state index is 6.00. The fraction of sp³-hybridized carbons (Fsp3) is 0.385. The van der Waals surface area contributed by atoms with E-state index in [1.807, 2.05) is 38.1 Å². The zero-order valence-electron chi connectivity index (χ0n) is 10.2. The summed E-state index contributed by atoms with van der Waals surface area (Å²) in [5.74, 6) is 0. The van der Waals surface area contributed by atoms with Crippen molar-refractivity contribution in [2.75, 3.05) is 6.61 Å². The van der Waals surface area contributed by atoms with Crippen LogP contribution in [-0.2, 0) is 0 Å². The van der Waals surface area contributed by atoms with Gasteiger partial charge in [-0.3, -0.25) is 0 Å². The summed E-state index contributed by atoms with van der Waals surface area (Å²) in [5.41, 5.74) is 6.54. The van der Waals surface area contributed by atoms with E-state index in [1.54, 1.807) is 6.20 Å². The lowest BCUT2D eigenvalue weighted by molar-refractivity contribution is 0.211. The molecular formula is C13H17N3O. The Bertz CT molecular complexity index is 511. The highest BCUT2D eigenvalue weighted by molar-refractivity contribution is 5.77. The highest BCUT2D eigenvalue weighted by Gasteiger charge is 2.17. The number of aromatic nitrogens is 2. The van der Waals surface area contributed by atoms with Gasteiger partial charge in [-0.2, -0.15) is 4.98 Å². The zero-order valence-corrected chi connectivity index (χ0v) is 10.2. The summed E-state index contributed by atoms with van der Waals surface area (Å²) in [6, 6.07) is 8.19. The summed E-state index contributed by atoms with van der Waals surface area (Å²) in [7, 11) is 0. The summed E-state index contributed by atoms with van der Waals surface area (Å²) in [4.78, 5) is 8.48. The largest absolute Gasteiger partial charge is 0.462 e. The molecule has 0 saturated heterocycles. The van der Waals surface area contributed by atoms with Gasteiger partial charge < -0.3 is 10.5 Å². The molecule has 0 spiro atoms. The zero-order chi connectivity index (χ0) is 12.3. The molecule has 0 bridgehead atoms. The van der Waals surface area contributed by atoms with E-state index in [2.05, 4.69) is 9.97 Å². The van der Waals surface area contributed by atoms with E-state index < -0.39 is 0 Å². The van der Waals surface area contributed by atoms with Gasteiger partial charge in [0.1, 0.15) is 6.61 Å². The molecule has 1 aromatic heterocycles. The van der Waals surface area contributed by atoms with Crippen LogP contribution >= 0.6 is 0 Å². The normalized spacial score (nSPS) is 14.5. The number of rotatable bonds is 4. The molecule has 0 fully saturated rings. The number of ether oxygens (including phenoxy) is 1. The lowest BCUT2D eigenvalue weighted by Crippen LogP contribution is -2.41. The molecule has 0 radical (unpaired) electrons. The first-order chi connectivity index (χ1) is 8.11. The van der Waals surface area contributed by atoms with Gasteiger partial charge in [0.15, 0.2) is 0 Å². The van der Waals surface area contributed by atoms with E-state index in [0.29, 0.717) is 12.6 Å². The van der Waals surface area contributed by atoms with Crippen molar-refractivity contribution in [3.8, 4) is 6.01 Å². The van der Waals surface area contributed by atoms with Crippen molar-refractivity contribution >= 4 is 10.9 Å². The Morgan fingerprint density at radius 2 is 2.12 bits per heavy atom. The predicted molar refractivity (Wildman–Crippen MR) is 67.9 cm³/mol.